The van der Waals surface area contributed by atoms with E-state index in [9.17, 15) is 8.78 Å². The van der Waals surface area contributed by atoms with Gasteiger partial charge in [-0.2, -0.15) is 0 Å². The summed E-state index contributed by atoms with van der Waals surface area (Å²) >= 11 is 0. The summed E-state index contributed by atoms with van der Waals surface area (Å²) in [5.74, 6) is -2.99. The summed E-state index contributed by atoms with van der Waals surface area (Å²) in [6, 6.07) is 0. The molecule has 94 valence electrons. The minimum absolute atomic E-state index is 0.147. The first-order valence-electron chi connectivity index (χ1n) is 6.07. The third-order valence-corrected chi connectivity index (χ3v) is 3.70. The Morgan fingerprint density at radius 1 is 1.25 bits per heavy atom. The van der Waals surface area contributed by atoms with Crippen molar-refractivity contribution in [2.75, 3.05) is 52.9 Å². The van der Waals surface area contributed by atoms with Gasteiger partial charge >= 0.3 is 0 Å². The Balaban J connectivity index is 1.84. The summed E-state index contributed by atoms with van der Waals surface area (Å²) in [4.78, 5) is 4.43. The van der Waals surface area contributed by atoms with Crippen LogP contribution < -0.4 is 5.32 Å². The van der Waals surface area contributed by atoms with Crippen LogP contribution in [0.5, 0.6) is 0 Å². The molecular weight excluding hydrogens is 212 g/mol. The molecule has 16 heavy (non-hydrogen) atoms. The van der Waals surface area contributed by atoms with Crippen molar-refractivity contribution >= 4 is 0 Å². The highest BCUT2D eigenvalue weighted by atomic mass is 19.3. The number of alkyl halides is 2. The smallest absolute Gasteiger partial charge is 0.264 e. The van der Waals surface area contributed by atoms with Crippen LogP contribution in [0.4, 0.5) is 8.78 Å². The molecule has 0 amide bonds. The standard InChI is InChI=1S/C11H21F2N3/c1-15-4-6-16(7-5-15)8-10-2-3-14-9-11(10,12)13/h10,14H,2-9H2,1H3/t10-/m1/s1. The third kappa shape index (κ3) is 2.90. The van der Waals surface area contributed by atoms with Crippen LogP contribution >= 0.6 is 0 Å². The minimum Gasteiger partial charge on any atom is -0.311 e. The molecular formula is C11H21F2N3. The lowest BCUT2D eigenvalue weighted by atomic mass is 9.93. The fraction of sp³-hybridized carbons (Fsp3) is 1.00. The van der Waals surface area contributed by atoms with Gasteiger partial charge in [0.1, 0.15) is 0 Å². The summed E-state index contributed by atoms with van der Waals surface area (Å²) in [6.45, 7) is 4.99. The molecule has 2 aliphatic heterocycles. The SMILES string of the molecule is CN1CCN(C[C@H]2CCNCC2(F)F)CC1. The van der Waals surface area contributed by atoms with Gasteiger partial charge in [0.05, 0.1) is 6.54 Å². The Kier molecular flexibility index (Phi) is 3.77. The van der Waals surface area contributed by atoms with Gasteiger partial charge in [-0.05, 0) is 20.0 Å². The lowest BCUT2D eigenvalue weighted by Gasteiger charge is -2.38. The number of hydrogen-bond acceptors (Lipinski definition) is 3. The fourth-order valence-corrected chi connectivity index (χ4v) is 2.45. The van der Waals surface area contributed by atoms with E-state index in [0.717, 1.165) is 32.7 Å². The molecule has 0 unspecified atom stereocenters. The first-order chi connectivity index (χ1) is 7.58. The predicted octanol–water partition coefficient (Wildman–Crippen LogP) is 0.479. The van der Waals surface area contributed by atoms with Gasteiger partial charge in [-0.1, -0.05) is 0 Å². The second-order valence-electron chi connectivity index (χ2n) is 5.03. The van der Waals surface area contributed by atoms with Crippen LogP contribution in [0.2, 0.25) is 0 Å². The first kappa shape index (κ1) is 12.2. The second kappa shape index (κ2) is 4.94. The van der Waals surface area contributed by atoms with Gasteiger partial charge in [0.2, 0.25) is 0 Å². The van der Waals surface area contributed by atoms with Crippen LogP contribution in [-0.4, -0.2) is 68.6 Å². The fourth-order valence-electron chi connectivity index (χ4n) is 2.45. The molecule has 0 saturated carbocycles. The van der Waals surface area contributed by atoms with E-state index < -0.39 is 11.8 Å². The van der Waals surface area contributed by atoms with Crippen LogP contribution in [0.1, 0.15) is 6.42 Å². The highest BCUT2D eigenvalue weighted by Crippen LogP contribution is 2.30. The Hall–Kier alpha value is -0.260. The molecule has 0 aromatic rings. The molecule has 1 N–H and O–H groups in total. The zero-order chi connectivity index (χ0) is 11.6. The predicted molar refractivity (Wildman–Crippen MR) is 59.9 cm³/mol. The molecule has 2 heterocycles. The van der Waals surface area contributed by atoms with Gasteiger partial charge < -0.3 is 15.1 Å². The zero-order valence-corrected chi connectivity index (χ0v) is 9.88. The molecule has 1 atom stereocenters. The molecule has 0 bridgehead atoms. The zero-order valence-electron chi connectivity index (χ0n) is 9.88. The number of nitrogens with zero attached hydrogens (tertiary/aromatic N) is 2. The maximum atomic E-state index is 13.6. The molecule has 0 spiro atoms. The Morgan fingerprint density at radius 3 is 2.56 bits per heavy atom. The number of piperazine rings is 1. The molecule has 0 aliphatic carbocycles. The lowest BCUT2D eigenvalue weighted by molar-refractivity contribution is -0.0851. The number of halogens is 2. The van der Waals surface area contributed by atoms with Crippen LogP contribution in [-0.2, 0) is 0 Å². The van der Waals surface area contributed by atoms with E-state index in [1.165, 1.54) is 0 Å². The molecule has 5 heteroatoms. The van der Waals surface area contributed by atoms with Crippen LogP contribution in [0.25, 0.3) is 0 Å². The molecule has 3 nitrogen and oxygen atoms in total. The number of nitrogens with one attached hydrogen (secondary N) is 1. The molecule has 2 saturated heterocycles. The normalized spacial score (nSPS) is 32.8. The second-order valence-corrected chi connectivity index (χ2v) is 5.03. The Bertz CT molecular complexity index is 227. The van der Waals surface area contributed by atoms with E-state index in [0.29, 0.717) is 13.0 Å². The lowest BCUT2D eigenvalue weighted by Crippen LogP contribution is -2.53. The van der Waals surface area contributed by atoms with Crippen molar-refractivity contribution in [1.82, 2.24) is 15.1 Å². The van der Waals surface area contributed by atoms with E-state index in [1.807, 2.05) is 0 Å². The van der Waals surface area contributed by atoms with Crippen molar-refractivity contribution in [1.29, 1.82) is 0 Å². The van der Waals surface area contributed by atoms with Crippen molar-refractivity contribution in [2.45, 2.75) is 12.3 Å². The number of piperidine rings is 1. The Labute approximate surface area is 95.8 Å². The minimum atomic E-state index is -2.53. The molecule has 2 rings (SSSR count). The summed E-state index contributed by atoms with van der Waals surface area (Å²) in [5, 5.41) is 2.77. The molecule has 0 radical (unpaired) electrons. The highest BCUT2D eigenvalue weighted by Gasteiger charge is 2.42. The molecule has 2 fully saturated rings. The largest absolute Gasteiger partial charge is 0.311 e. The molecule has 0 aromatic carbocycles. The molecule has 0 aromatic heterocycles. The number of likely N-dealkylation sites (N-methyl/N-ethyl adjacent to an activating group) is 1. The van der Waals surface area contributed by atoms with Gasteiger partial charge in [0.25, 0.3) is 5.92 Å². The van der Waals surface area contributed by atoms with Gasteiger partial charge in [-0.25, -0.2) is 8.78 Å². The van der Waals surface area contributed by atoms with Crippen molar-refractivity contribution in [3.63, 3.8) is 0 Å². The van der Waals surface area contributed by atoms with Crippen molar-refractivity contribution in [3.8, 4) is 0 Å². The summed E-state index contributed by atoms with van der Waals surface area (Å²) in [6.07, 6.45) is 0.597. The van der Waals surface area contributed by atoms with Gasteiger partial charge in [0.15, 0.2) is 0 Å². The van der Waals surface area contributed by atoms with Crippen LogP contribution in [0.15, 0.2) is 0 Å². The maximum Gasteiger partial charge on any atom is 0.264 e. The average molecular weight is 233 g/mol. The van der Waals surface area contributed by atoms with E-state index in [-0.39, 0.29) is 6.54 Å². The number of hydrogen-bond donors (Lipinski definition) is 1. The van der Waals surface area contributed by atoms with Gasteiger partial charge in [-0.15, -0.1) is 0 Å². The summed E-state index contributed by atoms with van der Waals surface area (Å²) < 4.78 is 27.2. The molecule has 2 aliphatic rings. The van der Waals surface area contributed by atoms with Gasteiger partial charge in [-0.3, -0.25) is 0 Å². The summed E-state index contributed by atoms with van der Waals surface area (Å²) in [7, 11) is 2.08. The third-order valence-electron chi connectivity index (χ3n) is 3.70. The maximum absolute atomic E-state index is 13.6. The van der Waals surface area contributed by atoms with Crippen LogP contribution in [0, 0.1) is 5.92 Å². The van der Waals surface area contributed by atoms with Crippen molar-refractivity contribution in [3.05, 3.63) is 0 Å². The Morgan fingerprint density at radius 2 is 1.94 bits per heavy atom. The van der Waals surface area contributed by atoms with E-state index in [4.69, 9.17) is 0 Å². The topological polar surface area (TPSA) is 18.5 Å². The highest BCUT2D eigenvalue weighted by molar-refractivity contribution is 4.87. The van der Waals surface area contributed by atoms with E-state index in [2.05, 4.69) is 22.2 Å². The van der Waals surface area contributed by atoms with Crippen molar-refractivity contribution < 1.29 is 8.78 Å². The average Bonchev–Trinajstić information content (AvgIpc) is 2.24. The van der Waals surface area contributed by atoms with Crippen LogP contribution in [0.3, 0.4) is 0 Å². The number of rotatable bonds is 2. The quantitative estimate of drug-likeness (QED) is 0.748. The first-order valence-corrected chi connectivity index (χ1v) is 6.07. The van der Waals surface area contributed by atoms with E-state index >= 15 is 0 Å². The van der Waals surface area contributed by atoms with Crippen molar-refractivity contribution in [2.24, 2.45) is 5.92 Å². The monoisotopic (exact) mass is 233 g/mol. The van der Waals surface area contributed by atoms with Gasteiger partial charge in [0, 0.05) is 38.6 Å². The summed E-state index contributed by atoms with van der Waals surface area (Å²) in [5.41, 5.74) is 0. The van der Waals surface area contributed by atoms with E-state index in [1.54, 1.807) is 0 Å².